The molecule has 0 saturated carbocycles. The zero-order valence-corrected chi connectivity index (χ0v) is 20.6. The molecule has 0 aromatic heterocycles. The predicted octanol–water partition coefficient (Wildman–Crippen LogP) is 4.57. The average Bonchev–Trinajstić information content (AvgIpc) is 3.38. The quantitative estimate of drug-likeness (QED) is 0.555. The van der Waals surface area contributed by atoms with Gasteiger partial charge in [0.1, 0.15) is 13.1 Å². The van der Waals surface area contributed by atoms with E-state index in [1.807, 2.05) is 54.6 Å². The molecule has 0 unspecified atom stereocenters. The molecule has 0 bridgehead atoms. The van der Waals surface area contributed by atoms with Gasteiger partial charge in [-0.1, -0.05) is 48.0 Å². The first-order valence-corrected chi connectivity index (χ1v) is 12.4. The SMILES string of the molecule is O=C(CN1Cc2ccccc2N(C(=O)c2ccc(N3CCCC3)cc2Cl)CC1=O)Nc1ccccc1. The van der Waals surface area contributed by atoms with Crippen LogP contribution in [0.4, 0.5) is 17.1 Å². The number of hydrogen-bond acceptors (Lipinski definition) is 4. The Morgan fingerprint density at radius 2 is 1.61 bits per heavy atom. The van der Waals surface area contributed by atoms with Crippen LogP contribution < -0.4 is 15.1 Å². The van der Waals surface area contributed by atoms with Crippen molar-refractivity contribution >= 4 is 46.4 Å². The van der Waals surface area contributed by atoms with E-state index in [9.17, 15) is 14.4 Å². The summed E-state index contributed by atoms with van der Waals surface area (Å²) in [6.45, 7) is 1.88. The lowest BCUT2D eigenvalue weighted by atomic mass is 10.1. The number of hydrogen-bond donors (Lipinski definition) is 1. The minimum atomic E-state index is -0.343. The molecule has 7 nitrogen and oxygen atoms in total. The summed E-state index contributed by atoms with van der Waals surface area (Å²) in [5, 5.41) is 3.17. The fourth-order valence-electron chi connectivity index (χ4n) is 4.74. The Balaban J connectivity index is 1.37. The van der Waals surface area contributed by atoms with Crippen molar-refractivity contribution in [1.29, 1.82) is 0 Å². The van der Waals surface area contributed by atoms with Gasteiger partial charge in [0, 0.05) is 36.7 Å². The first-order valence-electron chi connectivity index (χ1n) is 12.1. The third-order valence-electron chi connectivity index (χ3n) is 6.58. The van der Waals surface area contributed by atoms with Gasteiger partial charge in [-0.15, -0.1) is 0 Å². The molecule has 0 aliphatic carbocycles. The van der Waals surface area contributed by atoms with Crippen LogP contribution in [-0.4, -0.2) is 48.8 Å². The van der Waals surface area contributed by atoms with Gasteiger partial charge in [0.2, 0.25) is 11.8 Å². The largest absolute Gasteiger partial charge is 0.371 e. The molecule has 36 heavy (non-hydrogen) atoms. The van der Waals surface area contributed by atoms with Gasteiger partial charge < -0.3 is 15.1 Å². The fourth-order valence-corrected chi connectivity index (χ4v) is 4.99. The average molecular weight is 503 g/mol. The van der Waals surface area contributed by atoms with Crippen molar-refractivity contribution in [2.45, 2.75) is 19.4 Å². The van der Waals surface area contributed by atoms with Crippen LogP contribution in [-0.2, 0) is 16.1 Å². The third kappa shape index (κ3) is 5.06. The van der Waals surface area contributed by atoms with E-state index in [0.29, 0.717) is 22.0 Å². The van der Waals surface area contributed by atoms with Crippen LogP contribution >= 0.6 is 11.6 Å². The predicted molar refractivity (Wildman–Crippen MR) is 142 cm³/mol. The van der Waals surface area contributed by atoms with E-state index >= 15 is 0 Å². The number of benzene rings is 3. The second-order valence-electron chi connectivity index (χ2n) is 9.04. The second kappa shape index (κ2) is 10.4. The summed E-state index contributed by atoms with van der Waals surface area (Å²) < 4.78 is 0. The zero-order chi connectivity index (χ0) is 25.1. The molecule has 5 rings (SSSR count). The second-order valence-corrected chi connectivity index (χ2v) is 9.45. The van der Waals surface area contributed by atoms with Crippen LogP contribution in [0.3, 0.4) is 0 Å². The monoisotopic (exact) mass is 502 g/mol. The van der Waals surface area contributed by atoms with Crippen molar-refractivity contribution in [2.24, 2.45) is 0 Å². The molecule has 184 valence electrons. The highest BCUT2D eigenvalue weighted by Gasteiger charge is 2.31. The summed E-state index contributed by atoms with van der Waals surface area (Å²) in [5.74, 6) is -0.954. The highest BCUT2D eigenvalue weighted by molar-refractivity contribution is 6.35. The van der Waals surface area contributed by atoms with E-state index in [-0.39, 0.29) is 37.4 Å². The molecule has 0 radical (unpaired) electrons. The maximum atomic E-state index is 13.7. The van der Waals surface area contributed by atoms with Crippen molar-refractivity contribution in [3.63, 3.8) is 0 Å². The molecule has 1 fully saturated rings. The van der Waals surface area contributed by atoms with Gasteiger partial charge in [-0.05, 0) is 54.8 Å². The zero-order valence-electron chi connectivity index (χ0n) is 19.8. The van der Waals surface area contributed by atoms with Crippen LogP contribution in [0.15, 0.2) is 72.8 Å². The fraction of sp³-hybridized carbons (Fsp3) is 0.250. The molecule has 2 heterocycles. The lowest BCUT2D eigenvalue weighted by Gasteiger charge is -2.24. The number of anilines is 3. The van der Waals surface area contributed by atoms with Crippen LogP contribution in [0.5, 0.6) is 0 Å². The molecule has 3 aromatic carbocycles. The summed E-state index contributed by atoms with van der Waals surface area (Å²) in [6, 6.07) is 22.0. The van der Waals surface area contributed by atoms with Crippen LogP contribution in [0.2, 0.25) is 5.02 Å². The first kappa shape index (κ1) is 23.9. The van der Waals surface area contributed by atoms with Gasteiger partial charge in [-0.3, -0.25) is 19.3 Å². The van der Waals surface area contributed by atoms with E-state index in [1.165, 1.54) is 9.80 Å². The minimum Gasteiger partial charge on any atom is -0.371 e. The molecule has 1 saturated heterocycles. The first-order chi connectivity index (χ1) is 17.5. The lowest BCUT2D eigenvalue weighted by Crippen LogP contribution is -2.43. The van der Waals surface area contributed by atoms with Crippen molar-refractivity contribution in [3.05, 3.63) is 88.9 Å². The number of para-hydroxylation sites is 2. The van der Waals surface area contributed by atoms with E-state index in [2.05, 4.69) is 10.2 Å². The Labute approximate surface area is 215 Å². The number of nitrogens with zero attached hydrogens (tertiary/aromatic N) is 3. The van der Waals surface area contributed by atoms with E-state index in [4.69, 9.17) is 11.6 Å². The number of amides is 3. The summed E-state index contributed by atoms with van der Waals surface area (Å²) in [4.78, 5) is 44.8. The van der Waals surface area contributed by atoms with E-state index < -0.39 is 0 Å². The molecule has 8 heteroatoms. The summed E-state index contributed by atoms with van der Waals surface area (Å²) >= 11 is 6.58. The number of rotatable bonds is 5. The standard InChI is InChI=1S/C28H27ClN4O3/c29-24-16-22(31-14-6-7-15-31)12-13-23(24)28(36)33-19-27(35)32(17-20-8-4-5-11-25(20)33)18-26(34)30-21-9-2-1-3-10-21/h1-5,8-13,16H,6-7,14-15,17-19H2,(H,30,34). The normalized spacial score (nSPS) is 15.5. The Kier molecular flexibility index (Phi) is 6.91. The smallest absolute Gasteiger partial charge is 0.260 e. The highest BCUT2D eigenvalue weighted by Crippen LogP contribution is 2.31. The highest BCUT2D eigenvalue weighted by atomic mass is 35.5. The van der Waals surface area contributed by atoms with Crippen LogP contribution in [0.1, 0.15) is 28.8 Å². The molecule has 2 aliphatic heterocycles. The molecule has 0 atom stereocenters. The van der Waals surface area contributed by atoms with Crippen molar-refractivity contribution < 1.29 is 14.4 Å². The number of carbonyl (C=O) groups is 3. The van der Waals surface area contributed by atoms with E-state index in [1.54, 1.807) is 18.2 Å². The number of carbonyl (C=O) groups excluding carboxylic acids is 3. The Hall–Kier alpha value is -3.84. The molecular weight excluding hydrogens is 476 g/mol. The molecule has 1 N–H and O–H groups in total. The number of fused-ring (bicyclic) bond motifs is 1. The molecule has 2 aliphatic rings. The Morgan fingerprint density at radius 3 is 2.36 bits per heavy atom. The molecule has 3 aromatic rings. The maximum Gasteiger partial charge on any atom is 0.260 e. The molecular formula is C28H27ClN4O3. The van der Waals surface area contributed by atoms with Gasteiger partial charge in [0.15, 0.2) is 0 Å². The van der Waals surface area contributed by atoms with Crippen molar-refractivity contribution in [3.8, 4) is 0 Å². The van der Waals surface area contributed by atoms with Gasteiger partial charge in [0.05, 0.1) is 10.6 Å². The van der Waals surface area contributed by atoms with Gasteiger partial charge in [0.25, 0.3) is 5.91 Å². The van der Waals surface area contributed by atoms with Crippen LogP contribution in [0.25, 0.3) is 0 Å². The van der Waals surface area contributed by atoms with Gasteiger partial charge in [-0.25, -0.2) is 0 Å². The Morgan fingerprint density at radius 1 is 0.889 bits per heavy atom. The summed E-state index contributed by atoms with van der Waals surface area (Å²) in [6.07, 6.45) is 2.29. The van der Waals surface area contributed by atoms with Crippen molar-refractivity contribution in [1.82, 2.24) is 4.90 Å². The van der Waals surface area contributed by atoms with Gasteiger partial charge in [-0.2, -0.15) is 0 Å². The van der Waals surface area contributed by atoms with Crippen LogP contribution in [0, 0.1) is 0 Å². The molecule has 0 spiro atoms. The lowest BCUT2D eigenvalue weighted by molar-refractivity contribution is -0.133. The third-order valence-corrected chi connectivity index (χ3v) is 6.89. The number of halogens is 1. The van der Waals surface area contributed by atoms with E-state index in [0.717, 1.165) is 37.2 Å². The van der Waals surface area contributed by atoms with Gasteiger partial charge >= 0.3 is 0 Å². The Bertz CT molecular complexity index is 1290. The minimum absolute atomic E-state index is 0.116. The molecule has 3 amide bonds. The summed E-state index contributed by atoms with van der Waals surface area (Å²) in [7, 11) is 0. The summed E-state index contributed by atoms with van der Waals surface area (Å²) in [5.41, 5.74) is 3.43. The number of nitrogens with one attached hydrogen (secondary N) is 1. The maximum absolute atomic E-state index is 13.7. The van der Waals surface area contributed by atoms with Crippen molar-refractivity contribution in [2.75, 3.05) is 41.3 Å². The topological polar surface area (TPSA) is 73.0 Å².